The molecule has 1 heterocycles. The molecule has 1 aromatic carbocycles. The van der Waals surface area contributed by atoms with Crippen molar-refractivity contribution < 1.29 is 18.7 Å². The second kappa shape index (κ2) is 5.66. The second-order valence-corrected chi connectivity index (χ2v) is 5.86. The van der Waals surface area contributed by atoms with Crippen molar-refractivity contribution >= 4 is 17.3 Å². The van der Waals surface area contributed by atoms with Gasteiger partial charge in [0.1, 0.15) is 21.5 Å². The molecule has 0 saturated heterocycles. The van der Waals surface area contributed by atoms with E-state index in [4.69, 9.17) is 0 Å². The minimum absolute atomic E-state index is 0.123. The number of carboxylic acids is 1. The highest BCUT2D eigenvalue weighted by atomic mass is 32.1. The smallest absolute Gasteiger partial charge is 0.347 e. The molecule has 0 fully saturated rings. The van der Waals surface area contributed by atoms with Crippen molar-refractivity contribution in [3.63, 3.8) is 0 Å². The Morgan fingerprint density at radius 2 is 1.90 bits per heavy atom. The molecule has 0 amide bonds. The number of nitrogens with zero attached hydrogens (tertiary/aromatic N) is 1. The van der Waals surface area contributed by atoms with E-state index >= 15 is 0 Å². The fraction of sp³-hybridized carbons (Fsp3) is 0.286. The third-order valence-corrected chi connectivity index (χ3v) is 3.74. The number of aromatic nitrogens is 1. The van der Waals surface area contributed by atoms with E-state index in [1.807, 2.05) is 13.8 Å². The number of hydrogen-bond acceptors (Lipinski definition) is 3. The number of hydrogen-bond donors (Lipinski definition) is 1. The van der Waals surface area contributed by atoms with Crippen LogP contribution in [0.2, 0.25) is 0 Å². The van der Waals surface area contributed by atoms with Gasteiger partial charge < -0.3 is 5.11 Å². The zero-order valence-electron chi connectivity index (χ0n) is 11.0. The van der Waals surface area contributed by atoms with E-state index in [2.05, 4.69) is 4.98 Å². The van der Waals surface area contributed by atoms with Gasteiger partial charge in [0.2, 0.25) is 0 Å². The third kappa shape index (κ3) is 3.19. The highest BCUT2D eigenvalue weighted by Gasteiger charge is 2.19. The first-order chi connectivity index (χ1) is 9.36. The Labute approximate surface area is 118 Å². The Kier molecular flexibility index (Phi) is 4.13. The predicted molar refractivity (Wildman–Crippen MR) is 73.0 cm³/mol. The van der Waals surface area contributed by atoms with Crippen LogP contribution in [0.25, 0.3) is 10.6 Å². The maximum atomic E-state index is 13.2. The summed E-state index contributed by atoms with van der Waals surface area (Å²) in [5, 5.41) is 9.49. The average Bonchev–Trinajstić information content (AvgIpc) is 2.70. The van der Waals surface area contributed by atoms with E-state index in [-0.39, 0.29) is 16.4 Å². The van der Waals surface area contributed by atoms with E-state index in [1.165, 1.54) is 0 Å². The van der Waals surface area contributed by atoms with Gasteiger partial charge in [-0.1, -0.05) is 13.8 Å². The summed E-state index contributed by atoms with van der Waals surface area (Å²) in [7, 11) is 0. The van der Waals surface area contributed by atoms with Crippen LogP contribution >= 0.6 is 11.3 Å². The molecular formula is C14H13F2NO2S. The zero-order valence-corrected chi connectivity index (χ0v) is 11.8. The molecule has 0 unspecified atom stereocenters. The maximum absolute atomic E-state index is 13.2. The quantitative estimate of drug-likeness (QED) is 0.928. The largest absolute Gasteiger partial charge is 0.477 e. The van der Waals surface area contributed by atoms with Crippen molar-refractivity contribution in [2.45, 2.75) is 20.3 Å². The van der Waals surface area contributed by atoms with Crippen molar-refractivity contribution in [2.75, 3.05) is 0 Å². The molecule has 0 aliphatic heterocycles. The molecule has 0 spiro atoms. The van der Waals surface area contributed by atoms with Crippen LogP contribution in [0.4, 0.5) is 8.78 Å². The standard InChI is InChI=1S/C14H13F2NO2S/c1-7(2)3-11-12(14(18)19)20-13(17-11)8-4-9(15)6-10(16)5-8/h4-7H,3H2,1-2H3,(H,18,19). The Morgan fingerprint density at radius 3 is 2.40 bits per heavy atom. The minimum Gasteiger partial charge on any atom is -0.477 e. The molecule has 0 radical (unpaired) electrons. The lowest BCUT2D eigenvalue weighted by Gasteiger charge is -2.01. The fourth-order valence-corrected chi connectivity index (χ4v) is 2.76. The van der Waals surface area contributed by atoms with Gasteiger partial charge in [0.25, 0.3) is 0 Å². The van der Waals surface area contributed by atoms with Crippen LogP contribution in [-0.4, -0.2) is 16.1 Å². The molecule has 0 aliphatic rings. The van der Waals surface area contributed by atoms with E-state index in [0.29, 0.717) is 17.1 Å². The average molecular weight is 297 g/mol. The molecular weight excluding hydrogens is 284 g/mol. The van der Waals surface area contributed by atoms with Gasteiger partial charge in [-0.05, 0) is 24.5 Å². The number of thiazole rings is 1. The Balaban J connectivity index is 2.49. The molecule has 6 heteroatoms. The van der Waals surface area contributed by atoms with Crippen LogP contribution in [-0.2, 0) is 6.42 Å². The molecule has 106 valence electrons. The van der Waals surface area contributed by atoms with Gasteiger partial charge in [-0.3, -0.25) is 0 Å². The Hall–Kier alpha value is -1.82. The van der Waals surface area contributed by atoms with E-state index in [1.54, 1.807) is 0 Å². The summed E-state index contributed by atoms with van der Waals surface area (Å²) in [5.74, 6) is -2.25. The summed E-state index contributed by atoms with van der Waals surface area (Å²) in [6.45, 7) is 3.90. The summed E-state index contributed by atoms with van der Waals surface area (Å²) in [6.07, 6.45) is 0.510. The Morgan fingerprint density at radius 1 is 1.30 bits per heavy atom. The lowest BCUT2D eigenvalue weighted by Crippen LogP contribution is -2.02. The molecule has 0 bridgehead atoms. The van der Waals surface area contributed by atoms with E-state index in [9.17, 15) is 18.7 Å². The van der Waals surface area contributed by atoms with Crippen LogP contribution in [0.5, 0.6) is 0 Å². The van der Waals surface area contributed by atoms with Crippen molar-refractivity contribution in [2.24, 2.45) is 5.92 Å². The van der Waals surface area contributed by atoms with E-state index in [0.717, 1.165) is 29.5 Å². The normalized spacial score (nSPS) is 11.1. The number of benzene rings is 1. The van der Waals surface area contributed by atoms with Crippen molar-refractivity contribution in [1.82, 2.24) is 4.98 Å². The molecule has 1 aromatic heterocycles. The SMILES string of the molecule is CC(C)Cc1nc(-c2cc(F)cc(F)c2)sc1C(=O)O. The summed E-state index contributed by atoms with van der Waals surface area (Å²) < 4.78 is 26.4. The summed E-state index contributed by atoms with van der Waals surface area (Å²) in [4.78, 5) is 15.6. The van der Waals surface area contributed by atoms with Crippen LogP contribution in [0.3, 0.4) is 0 Å². The molecule has 0 aliphatic carbocycles. The second-order valence-electron chi connectivity index (χ2n) is 4.86. The zero-order chi connectivity index (χ0) is 14.9. The molecule has 2 aromatic rings. The molecule has 0 atom stereocenters. The van der Waals surface area contributed by atoms with E-state index < -0.39 is 17.6 Å². The first kappa shape index (κ1) is 14.6. The highest BCUT2D eigenvalue weighted by molar-refractivity contribution is 7.17. The molecule has 1 N–H and O–H groups in total. The minimum atomic E-state index is -1.07. The summed E-state index contributed by atoms with van der Waals surface area (Å²) in [6, 6.07) is 3.06. The van der Waals surface area contributed by atoms with Crippen LogP contribution in [0.1, 0.15) is 29.2 Å². The lowest BCUT2D eigenvalue weighted by atomic mass is 10.1. The lowest BCUT2D eigenvalue weighted by molar-refractivity contribution is 0.0700. The van der Waals surface area contributed by atoms with Gasteiger partial charge >= 0.3 is 5.97 Å². The fourth-order valence-electron chi connectivity index (χ4n) is 1.84. The Bertz CT molecular complexity index is 632. The number of rotatable bonds is 4. The van der Waals surface area contributed by atoms with Gasteiger partial charge in [-0.15, -0.1) is 11.3 Å². The molecule has 0 saturated carbocycles. The van der Waals surface area contributed by atoms with Gasteiger partial charge in [0.15, 0.2) is 0 Å². The van der Waals surface area contributed by atoms with Gasteiger partial charge in [0, 0.05) is 11.6 Å². The number of carboxylic acid groups (broad SMARTS) is 1. The molecule has 20 heavy (non-hydrogen) atoms. The monoisotopic (exact) mass is 297 g/mol. The van der Waals surface area contributed by atoms with Crippen molar-refractivity contribution in [3.05, 3.63) is 40.4 Å². The topological polar surface area (TPSA) is 50.2 Å². The van der Waals surface area contributed by atoms with Crippen LogP contribution in [0, 0.1) is 17.6 Å². The highest BCUT2D eigenvalue weighted by Crippen LogP contribution is 2.30. The van der Waals surface area contributed by atoms with Crippen molar-refractivity contribution in [1.29, 1.82) is 0 Å². The van der Waals surface area contributed by atoms with Crippen LogP contribution in [0.15, 0.2) is 18.2 Å². The number of carbonyl (C=O) groups is 1. The number of halogens is 2. The van der Waals surface area contributed by atoms with Gasteiger partial charge in [-0.2, -0.15) is 0 Å². The third-order valence-electron chi connectivity index (χ3n) is 2.60. The maximum Gasteiger partial charge on any atom is 0.347 e. The van der Waals surface area contributed by atoms with Gasteiger partial charge in [0.05, 0.1) is 5.69 Å². The van der Waals surface area contributed by atoms with Crippen LogP contribution < -0.4 is 0 Å². The van der Waals surface area contributed by atoms with Crippen molar-refractivity contribution in [3.8, 4) is 10.6 Å². The predicted octanol–water partition coefficient (Wildman–Crippen LogP) is 3.99. The summed E-state index contributed by atoms with van der Waals surface area (Å²) in [5.41, 5.74) is 0.710. The number of aromatic carboxylic acids is 1. The molecule has 3 nitrogen and oxygen atoms in total. The first-order valence-electron chi connectivity index (χ1n) is 6.06. The molecule has 2 rings (SSSR count). The van der Waals surface area contributed by atoms with Gasteiger partial charge in [-0.25, -0.2) is 18.6 Å². The first-order valence-corrected chi connectivity index (χ1v) is 6.88. The summed E-state index contributed by atoms with van der Waals surface area (Å²) >= 11 is 0.936.